The molecule has 1 aromatic carbocycles. The summed E-state index contributed by atoms with van der Waals surface area (Å²) in [6.07, 6.45) is 0. The van der Waals surface area contributed by atoms with Crippen LogP contribution >= 0.6 is 0 Å². The number of hydrogen-bond donors (Lipinski definition) is 2. The Morgan fingerprint density at radius 2 is 2.11 bits per heavy atom. The molecule has 8 heteroatoms. The molecule has 7 nitrogen and oxygen atoms in total. The average molecular weight is 274 g/mol. The van der Waals surface area contributed by atoms with Crippen LogP contribution in [0, 0.1) is 17.0 Å². The van der Waals surface area contributed by atoms with Crippen molar-refractivity contribution in [2.45, 2.75) is 13.5 Å². The summed E-state index contributed by atoms with van der Waals surface area (Å²) in [5, 5.41) is 19.3. The van der Waals surface area contributed by atoms with E-state index in [1.54, 1.807) is 13.0 Å². The van der Waals surface area contributed by atoms with E-state index in [1.807, 2.05) is 0 Å². The maximum absolute atomic E-state index is 11.3. The molecular formula is C10H14N2O5S. The Labute approximate surface area is 105 Å². The third kappa shape index (κ3) is 3.76. The van der Waals surface area contributed by atoms with Gasteiger partial charge in [0.15, 0.2) is 0 Å². The highest BCUT2D eigenvalue weighted by molar-refractivity contribution is 7.89. The molecule has 0 saturated carbocycles. The monoisotopic (exact) mass is 274 g/mol. The van der Waals surface area contributed by atoms with Crippen LogP contribution in [0.25, 0.3) is 0 Å². The first-order chi connectivity index (χ1) is 8.37. The topological polar surface area (TPSA) is 110 Å². The van der Waals surface area contributed by atoms with Gasteiger partial charge in [-0.15, -0.1) is 0 Å². The lowest BCUT2D eigenvalue weighted by atomic mass is 10.1. The number of rotatable bonds is 6. The van der Waals surface area contributed by atoms with E-state index in [9.17, 15) is 18.5 Å². The standard InChI is InChI=1S/C10H14N2O5S/c1-8-9(3-2-4-10(8)12(14)15)7-11-18(16,17)6-5-13/h2-4,11,13H,5-7H2,1H3. The number of aliphatic hydroxyl groups is 1. The van der Waals surface area contributed by atoms with Gasteiger partial charge in [-0.3, -0.25) is 10.1 Å². The predicted octanol–water partition coefficient (Wildman–Crippen LogP) is 0.315. The Hall–Kier alpha value is -1.51. The van der Waals surface area contributed by atoms with Crippen molar-refractivity contribution >= 4 is 15.7 Å². The average Bonchev–Trinajstić information content (AvgIpc) is 2.27. The quantitative estimate of drug-likeness (QED) is 0.573. The minimum Gasteiger partial charge on any atom is -0.395 e. The Morgan fingerprint density at radius 3 is 2.67 bits per heavy atom. The summed E-state index contributed by atoms with van der Waals surface area (Å²) in [4.78, 5) is 10.2. The SMILES string of the molecule is Cc1c(CNS(=O)(=O)CCO)cccc1[N+](=O)[O-]. The van der Waals surface area contributed by atoms with Gasteiger partial charge in [0.05, 0.1) is 17.3 Å². The molecule has 0 amide bonds. The molecule has 0 radical (unpaired) electrons. The first kappa shape index (κ1) is 14.6. The lowest BCUT2D eigenvalue weighted by molar-refractivity contribution is -0.385. The van der Waals surface area contributed by atoms with Gasteiger partial charge in [-0.05, 0) is 12.5 Å². The van der Waals surface area contributed by atoms with Gasteiger partial charge in [0.2, 0.25) is 10.0 Å². The molecule has 18 heavy (non-hydrogen) atoms. The van der Waals surface area contributed by atoms with E-state index in [0.717, 1.165) is 0 Å². The van der Waals surface area contributed by atoms with Crippen molar-refractivity contribution in [3.05, 3.63) is 39.4 Å². The minimum absolute atomic E-state index is 0.0319. The number of aliphatic hydroxyl groups excluding tert-OH is 1. The van der Waals surface area contributed by atoms with Crippen molar-refractivity contribution in [1.29, 1.82) is 0 Å². The van der Waals surface area contributed by atoms with Crippen LogP contribution in [0.5, 0.6) is 0 Å². The molecule has 0 aliphatic carbocycles. The number of nitro benzene ring substituents is 1. The fourth-order valence-electron chi connectivity index (χ4n) is 1.44. The molecule has 0 spiro atoms. The highest BCUT2D eigenvalue weighted by atomic mass is 32.2. The fraction of sp³-hybridized carbons (Fsp3) is 0.400. The zero-order valence-corrected chi connectivity index (χ0v) is 10.6. The molecule has 0 bridgehead atoms. The van der Waals surface area contributed by atoms with E-state index in [2.05, 4.69) is 4.72 Å². The molecule has 0 saturated heterocycles. The van der Waals surface area contributed by atoms with E-state index < -0.39 is 21.6 Å². The summed E-state index contributed by atoms with van der Waals surface area (Å²) in [7, 11) is -3.55. The highest BCUT2D eigenvalue weighted by Gasteiger charge is 2.15. The lowest BCUT2D eigenvalue weighted by Gasteiger charge is -2.08. The minimum atomic E-state index is -3.55. The van der Waals surface area contributed by atoms with Gasteiger partial charge in [0, 0.05) is 18.2 Å². The van der Waals surface area contributed by atoms with Crippen LogP contribution in [0.2, 0.25) is 0 Å². The first-order valence-electron chi connectivity index (χ1n) is 5.18. The van der Waals surface area contributed by atoms with E-state index in [4.69, 9.17) is 5.11 Å². The van der Waals surface area contributed by atoms with Gasteiger partial charge in [0.1, 0.15) is 0 Å². The lowest BCUT2D eigenvalue weighted by Crippen LogP contribution is -2.27. The highest BCUT2D eigenvalue weighted by Crippen LogP contribution is 2.20. The number of nitrogens with zero attached hydrogens (tertiary/aromatic N) is 1. The number of benzene rings is 1. The van der Waals surface area contributed by atoms with Crippen molar-refractivity contribution in [3.8, 4) is 0 Å². The van der Waals surface area contributed by atoms with Crippen molar-refractivity contribution < 1.29 is 18.4 Å². The first-order valence-corrected chi connectivity index (χ1v) is 6.83. The van der Waals surface area contributed by atoms with Gasteiger partial charge in [-0.25, -0.2) is 13.1 Å². The summed E-state index contributed by atoms with van der Waals surface area (Å²) in [6.45, 7) is 1.06. The zero-order chi connectivity index (χ0) is 13.8. The maximum Gasteiger partial charge on any atom is 0.272 e. The van der Waals surface area contributed by atoms with E-state index in [0.29, 0.717) is 11.1 Å². The van der Waals surface area contributed by atoms with E-state index in [1.165, 1.54) is 12.1 Å². The van der Waals surface area contributed by atoms with Crippen LogP contribution < -0.4 is 4.72 Å². The van der Waals surface area contributed by atoms with Crippen LogP contribution in [-0.2, 0) is 16.6 Å². The normalized spacial score (nSPS) is 11.4. The Bertz CT molecular complexity index is 541. The largest absolute Gasteiger partial charge is 0.395 e. The van der Waals surface area contributed by atoms with Crippen molar-refractivity contribution in [2.75, 3.05) is 12.4 Å². The molecule has 0 unspecified atom stereocenters. The van der Waals surface area contributed by atoms with Crippen LogP contribution in [0.4, 0.5) is 5.69 Å². The Balaban J connectivity index is 2.87. The molecule has 0 heterocycles. The summed E-state index contributed by atoms with van der Waals surface area (Å²) < 4.78 is 24.9. The molecule has 0 aliphatic heterocycles. The number of nitrogens with one attached hydrogen (secondary N) is 1. The zero-order valence-electron chi connectivity index (χ0n) is 9.79. The van der Waals surface area contributed by atoms with Crippen molar-refractivity contribution in [3.63, 3.8) is 0 Å². The van der Waals surface area contributed by atoms with Crippen molar-refractivity contribution in [2.24, 2.45) is 0 Å². The van der Waals surface area contributed by atoms with Crippen LogP contribution in [-0.4, -0.2) is 30.8 Å². The van der Waals surface area contributed by atoms with Crippen LogP contribution in [0.3, 0.4) is 0 Å². The van der Waals surface area contributed by atoms with E-state index in [-0.39, 0.29) is 18.0 Å². The molecule has 0 atom stereocenters. The van der Waals surface area contributed by atoms with Crippen LogP contribution in [0.1, 0.15) is 11.1 Å². The molecule has 1 aromatic rings. The number of sulfonamides is 1. The second-order valence-electron chi connectivity index (χ2n) is 3.68. The Kier molecular flexibility index (Phi) is 4.76. The Morgan fingerprint density at radius 1 is 1.44 bits per heavy atom. The molecular weight excluding hydrogens is 260 g/mol. The molecule has 0 aromatic heterocycles. The smallest absolute Gasteiger partial charge is 0.272 e. The molecule has 1 rings (SSSR count). The molecule has 2 N–H and O–H groups in total. The summed E-state index contributed by atoms with van der Waals surface area (Å²) >= 11 is 0. The molecule has 0 aliphatic rings. The third-order valence-corrected chi connectivity index (χ3v) is 3.76. The van der Waals surface area contributed by atoms with Crippen LogP contribution in [0.15, 0.2) is 18.2 Å². The summed E-state index contributed by atoms with van der Waals surface area (Å²) in [6, 6.07) is 4.48. The van der Waals surface area contributed by atoms with Gasteiger partial charge >= 0.3 is 0 Å². The fourth-order valence-corrected chi connectivity index (χ4v) is 2.20. The second kappa shape index (κ2) is 5.89. The number of hydrogen-bond acceptors (Lipinski definition) is 5. The third-order valence-electron chi connectivity index (χ3n) is 2.46. The van der Waals surface area contributed by atoms with Gasteiger partial charge in [0.25, 0.3) is 5.69 Å². The summed E-state index contributed by atoms with van der Waals surface area (Å²) in [5.74, 6) is -0.388. The van der Waals surface area contributed by atoms with Gasteiger partial charge in [-0.1, -0.05) is 12.1 Å². The molecule has 100 valence electrons. The van der Waals surface area contributed by atoms with Crippen molar-refractivity contribution in [1.82, 2.24) is 4.72 Å². The van der Waals surface area contributed by atoms with Gasteiger partial charge < -0.3 is 5.11 Å². The van der Waals surface area contributed by atoms with E-state index >= 15 is 0 Å². The number of nitro groups is 1. The maximum atomic E-state index is 11.3. The predicted molar refractivity (Wildman–Crippen MR) is 65.5 cm³/mol. The van der Waals surface area contributed by atoms with Gasteiger partial charge in [-0.2, -0.15) is 0 Å². The summed E-state index contributed by atoms with van der Waals surface area (Å²) in [5.41, 5.74) is 0.911. The molecule has 0 fully saturated rings. The second-order valence-corrected chi connectivity index (χ2v) is 5.61.